The minimum absolute atomic E-state index is 0. The molecule has 4 N–H and O–H groups in total. The lowest BCUT2D eigenvalue weighted by atomic mass is 10.1. The summed E-state index contributed by atoms with van der Waals surface area (Å²) in [5.41, 5.74) is -5.78. The van der Waals surface area contributed by atoms with Gasteiger partial charge in [-0.05, 0) is 192 Å². The van der Waals surface area contributed by atoms with E-state index in [-0.39, 0.29) is 121 Å². The Kier molecular flexibility index (Phi) is 24.2. The highest BCUT2D eigenvalue weighted by molar-refractivity contribution is 5.98. The van der Waals surface area contributed by atoms with E-state index >= 15 is 53.0 Å². The van der Waals surface area contributed by atoms with Crippen molar-refractivity contribution in [3.8, 4) is 44.5 Å². The number of benzene rings is 4. The van der Waals surface area contributed by atoms with Crippen LogP contribution in [0.4, 0.5) is 88.2 Å². The van der Waals surface area contributed by atoms with Gasteiger partial charge in [0, 0.05) is 78.7 Å². The molecule has 0 spiro atoms. The first-order valence-corrected chi connectivity index (χ1v) is 41.9. The first-order chi connectivity index (χ1) is 67.6. The van der Waals surface area contributed by atoms with E-state index in [1.807, 2.05) is 0 Å². The molecule has 0 amide bonds. The molecule has 8 aliphatic heterocycles. The van der Waals surface area contributed by atoms with Gasteiger partial charge >= 0.3 is 0 Å². The van der Waals surface area contributed by atoms with E-state index in [0.29, 0.717) is 66.9 Å². The number of hydrogen-bond acceptors (Lipinski definition) is 8. The first kappa shape index (κ1) is 92.8. The fraction of sp³-hybridized carbons (Fsp3) is 0. The first-order valence-electron chi connectivity index (χ1n) is 41.9. The molecule has 24 rings (SSSR count). The van der Waals surface area contributed by atoms with Crippen LogP contribution in [0.3, 0.4) is 0 Å². The molecular formula is C104H52F20N18. The van der Waals surface area contributed by atoms with Gasteiger partial charge in [-0.3, -0.25) is 0 Å². The molecule has 8 aliphatic rings. The highest BCUT2D eigenvalue weighted by Gasteiger charge is 2.35. The number of halogens is 20. The molecule has 12 aromatic heterocycles. The van der Waals surface area contributed by atoms with Gasteiger partial charge in [-0.15, -0.1) is 0 Å². The van der Waals surface area contributed by atoms with Gasteiger partial charge in [-0.25, -0.2) is 110 Å². The molecule has 0 saturated carbocycles. The quantitative estimate of drug-likeness (QED) is 0.123. The molecule has 0 saturated heterocycles. The number of nitrogens with one attached hydrogen (secondary N) is 4. The van der Waals surface area contributed by atoms with Crippen LogP contribution in [0.25, 0.3) is 228 Å². The Hall–Kier alpha value is -18.2. The van der Waals surface area contributed by atoms with Crippen LogP contribution in [0.5, 0.6) is 0 Å². The third-order valence-corrected chi connectivity index (χ3v) is 22.9. The number of hydrogen-bond donors (Lipinski definition) is 4. The smallest absolute Gasteiger partial charge is 0.189 e. The average molecular weight is 1930 g/mol. The molecule has 16 aromatic rings. The van der Waals surface area contributed by atoms with Gasteiger partial charge in [0.25, 0.3) is 0 Å². The van der Waals surface area contributed by atoms with Crippen molar-refractivity contribution >= 4 is 183 Å². The van der Waals surface area contributed by atoms with Crippen LogP contribution in [0.15, 0.2) is 243 Å². The van der Waals surface area contributed by atoms with Crippen molar-refractivity contribution in [2.75, 3.05) is 0 Å². The minimum Gasteiger partial charge on any atom is -0.355 e. The Morgan fingerprint density at radius 1 is 0.183 bits per heavy atom. The van der Waals surface area contributed by atoms with Crippen LogP contribution in [0.1, 0.15) is 91.1 Å². The number of rotatable bonds is 4. The van der Waals surface area contributed by atoms with Crippen molar-refractivity contribution in [1.29, 1.82) is 0 Å². The lowest BCUT2D eigenvalue weighted by Gasteiger charge is -1.99. The molecule has 0 unspecified atom stereocenters. The summed E-state index contributed by atoms with van der Waals surface area (Å²) >= 11 is 0. The Balaban J connectivity index is 0.000000120. The summed E-state index contributed by atoms with van der Waals surface area (Å²) in [6, 6.07) is 61.3. The second-order valence-electron chi connectivity index (χ2n) is 31.8. The minimum atomic E-state index is -1.68. The van der Waals surface area contributed by atoms with Crippen LogP contribution in [-0.2, 0) is 0 Å². The number of H-pyrrole nitrogens is 4. The molecule has 20 heterocycles. The summed E-state index contributed by atoms with van der Waals surface area (Å²) in [5.74, 6) is -24.2. The van der Waals surface area contributed by atoms with Gasteiger partial charge in [-0.2, -0.15) is 19.2 Å². The van der Waals surface area contributed by atoms with Gasteiger partial charge in [-0.1, -0.05) is 139 Å². The summed E-state index contributed by atoms with van der Waals surface area (Å²) in [5, 5.41) is 0. The summed E-state index contributed by atoms with van der Waals surface area (Å²) in [4.78, 5) is 43.3. The number of aromatic amines is 4. The molecule has 6 radical (unpaired) electrons. The normalized spacial score (nSPS) is 12.9. The largest absolute Gasteiger partial charge is 0.355 e. The van der Waals surface area contributed by atoms with E-state index in [1.165, 1.54) is 97.1 Å². The Morgan fingerprint density at radius 2 is 0.352 bits per heavy atom. The number of aromatic nitrogens is 16. The topological polar surface area (TPSA) is 247 Å². The molecule has 32 bridgehead atoms. The van der Waals surface area contributed by atoms with Crippen LogP contribution in [0, 0.1) is 46.5 Å². The number of fused-ring (bicyclic) bond motifs is 32. The van der Waals surface area contributed by atoms with E-state index in [4.69, 9.17) is 0 Å². The Morgan fingerprint density at radius 3 is 0.535 bits per heavy atom. The monoisotopic (exact) mass is 1930 g/mol. The van der Waals surface area contributed by atoms with Crippen molar-refractivity contribution in [1.82, 2.24) is 91.3 Å². The summed E-state index contributed by atoms with van der Waals surface area (Å²) in [6.07, 6.45) is 13.1. The molecule has 0 atom stereocenters. The van der Waals surface area contributed by atoms with E-state index in [9.17, 15) is 35.1 Å². The van der Waals surface area contributed by atoms with Crippen molar-refractivity contribution in [2.45, 2.75) is 0 Å². The van der Waals surface area contributed by atoms with Crippen LogP contribution in [-0.4, -0.2) is 79.0 Å². The standard InChI is InChI=1S/4C26H13F5N4.2N/c4*27-21-18-11-16-8-6-14(32-16)10-15-7-9-17(33-15)12-19-20(13-4-2-1-3-5-13)22(28)26(35(19)31)24(30)25(34-18)23(21)29;;/h4*1-12,32H;;. The van der Waals surface area contributed by atoms with E-state index < -0.39 is 161 Å². The zero-order valence-corrected chi connectivity index (χ0v) is 71.5. The molecule has 18 nitrogen and oxygen atoms in total. The maximum atomic E-state index is 15.6. The molecule has 4 aromatic carbocycles. The zero-order chi connectivity index (χ0) is 97.1. The lowest BCUT2D eigenvalue weighted by Crippen LogP contribution is -1.91. The summed E-state index contributed by atoms with van der Waals surface area (Å²) in [6.45, 7) is 0. The fourth-order valence-electron chi connectivity index (χ4n) is 16.5. The van der Waals surface area contributed by atoms with Crippen LogP contribution < -0.4 is 12.3 Å². The molecule has 0 aliphatic carbocycles. The predicted molar refractivity (Wildman–Crippen MR) is 502 cm³/mol. The van der Waals surface area contributed by atoms with Crippen molar-refractivity contribution in [3.05, 3.63) is 380 Å². The SMILES string of the molecule is FC1=C(F)c2nc1cc1ccc(cc3nc(cc4c(-c5ccccc5)c(F)c(c2F)n4F)C=C3)[nH]1.FC1=C(F)c2nc1cc1ccc(cc3nc(cc4c(-c5ccccc5)c(F)c(c2F)n4F)C=C3)[nH]1.FC1=C(F)c2nc1cc1ccc(cc3nc(cc4c(-c5ccccc5)c(F)c(c2F)n4F)C=C3)[nH]1.FC1=C(F)c2nc1cc1ccc(cc3nc(cc4c(-c5ccccc5)c(F)c(c2F)n4F)C=C3)[nH]1.[N].[N]. The van der Waals surface area contributed by atoms with E-state index in [0.717, 1.165) is 0 Å². The van der Waals surface area contributed by atoms with Gasteiger partial charge in [0.05, 0.1) is 67.6 Å². The van der Waals surface area contributed by atoms with Gasteiger partial charge in [0.15, 0.2) is 93.2 Å². The van der Waals surface area contributed by atoms with E-state index in [2.05, 4.69) is 59.8 Å². The zero-order valence-electron chi connectivity index (χ0n) is 71.5. The second-order valence-corrected chi connectivity index (χ2v) is 31.8. The summed E-state index contributed by atoms with van der Waals surface area (Å²) < 4.78 is 304. The lowest BCUT2D eigenvalue weighted by molar-refractivity contribution is 0.394. The third-order valence-electron chi connectivity index (χ3n) is 22.9. The maximum Gasteiger partial charge on any atom is 0.189 e. The molecule has 142 heavy (non-hydrogen) atoms. The Bertz CT molecular complexity index is 8030. The molecule has 0 fully saturated rings. The van der Waals surface area contributed by atoms with Gasteiger partial charge in [0.1, 0.15) is 67.6 Å². The Labute approximate surface area is 784 Å². The average Bonchev–Trinajstić information content (AvgIpc) is 1.61. The van der Waals surface area contributed by atoms with Crippen LogP contribution >= 0.6 is 0 Å². The van der Waals surface area contributed by atoms with Crippen molar-refractivity contribution < 1.29 is 88.2 Å². The highest BCUT2D eigenvalue weighted by atomic mass is 19.2. The number of nitrogens with zero attached hydrogens (tertiary/aromatic N) is 14. The summed E-state index contributed by atoms with van der Waals surface area (Å²) in [7, 11) is 0. The van der Waals surface area contributed by atoms with Crippen molar-refractivity contribution in [2.24, 2.45) is 0 Å². The highest BCUT2D eigenvalue weighted by Crippen LogP contribution is 2.46. The second kappa shape index (κ2) is 37.0. The predicted octanol–water partition coefficient (Wildman–Crippen LogP) is 28.6. The van der Waals surface area contributed by atoms with Crippen molar-refractivity contribution in [3.63, 3.8) is 0 Å². The molecular weight excluding hydrogens is 1880 g/mol. The molecule has 698 valence electrons. The van der Waals surface area contributed by atoms with E-state index in [1.54, 1.807) is 194 Å². The maximum absolute atomic E-state index is 15.6. The fourth-order valence-corrected chi connectivity index (χ4v) is 16.5. The molecule has 38 heteroatoms. The van der Waals surface area contributed by atoms with Gasteiger partial charge in [0.2, 0.25) is 0 Å². The van der Waals surface area contributed by atoms with Gasteiger partial charge < -0.3 is 19.9 Å². The van der Waals surface area contributed by atoms with Crippen LogP contribution in [0.2, 0.25) is 0 Å². The third kappa shape index (κ3) is 16.7.